The van der Waals surface area contributed by atoms with Crippen molar-refractivity contribution < 1.29 is 62.6 Å². The molecule has 2 atom stereocenters. The van der Waals surface area contributed by atoms with Crippen LogP contribution in [0.1, 0.15) is 52.6 Å². The second-order valence-electron chi connectivity index (χ2n) is 14.7. The van der Waals surface area contributed by atoms with Crippen LogP contribution in [0.25, 0.3) is 0 Å². The number of hydrogen-bond donors (Lipinski definition) is 5. The van der Waals surface area contributed by atoms with Gasteiger partial charge in [0.2, 0.25) is 0 Å². The van der Waals surface area contributed by atoms with E-state index in [0.717, 1.165) is 30.4 Å². The van der Waals surface area contributed by atoms with E-state index in [1.165, 1.54) is 0 Å². The van der Waals surface area contributed by atoms with Crippen LogP contribution in [0, 0.1) is 0 Å². The molecule has 0 unspecified atom stereocenters. The summed E-state index contributed by atoms with van der Waals surface area (Å²) >= 11 is 10.8. The van der Waals surface area contributed by atoms with Gasteiger partial charge in [0.05, 0.1) is 47.4 Å². The number of thiocarbonyl (C=S) groups is 1. The van der Waals surface area contributed by atoms with E-state index in [2.05, 4.69) is 30.8 Å². The van der Waals surface area contributed by atoms with Gasteiger partial charge in [0.15, 0.2) is 5.11 Å². The molecule has 0 spiro atoms. The minimum absolute atomic E-state index is 0.00928. The summed E-state index contributed by atoms with van der Waals surface area (Å²) in [6, 6.07) is 19.0. The lowest BCUT2D eigenvalue weighted by atomic mass is 10.1. The molecular weight excluding hydrogens is 895 g/mol. The molecule has 7 nitrogen and oxygen atoms in total. The summed E-state index contributed by atoms with van der Waals surface area (Å²) in [4.78, 5) is 4.51. The molecule has 0 aliphatic carbocycles. The first-order valence-electron chi connectivity index (χ1n) is 19.5. The summed E-state index contributed by atoms with van der Waals surface area (Å²) in [7, 11) is 0. The molecule has 0 saturated carbocycles. The first-order valence-corrected chi connectivity index (χ1v) is 20.3. The predicted molar refractivity (Wildman–Crippen MR) is 222 cm³/mol. The molecule has 63 heavy (non-hydrogen) atoms. The Labute approximate surface area is 365 Å². The zero-order valence-corrected chi connectivity index (χ0v) is 34.7. The minimum Gasteiger partial charge on any atom is -0.743 e. The molecule has 340 valence electrons. The normalized spacial score (nSPS) is 15.0. The number of hydrogen-bond acceptors (Lipinski definition) is 3. The van der Waals surface area contributed by atoms with Crippen LogP contribution in [0.2, 0.25) is 0 Å². The molecule has 0 amide bonds. The zero-order chi connectivity index (χ0) is 46.0. The lowest BCUT2D eigenvalue weighted by molar-refractivity contribution is -0.645. The second kappa shape index (κ2) is 21.0. The second-order valence-corrected chi connectivity index (χ2v) is 15.5. The van der Waals surface area contributed by atoms with E-state index in [-0.39, 0.29) is 41.9 Å². The Kier molecular flexibility index (Phi) is 16.3. The van der Waals surface area contributed by atoms with Crippen molar-refractivity contribution in [3.8, 4) is 0 Å². The summed E-state index contributed by atoms with van der Waals surface area (Å²) in [5.41, 5.74) is -5.48. The Morgan fingerprint density at radius 2 is 1.08 bits per heavy atom. The number of alkyl halides is 12. The molecule has 5 rings (SSSR count). The average Bonchev–Trinajstić information content (AvgIpc) is 3.20. The maximum absolute atomic E-state index is 13.6. The topological polar surface area (TPSA) is 80.1 Å². The van der Waals surface area contributed by atoms with Crippen molar-refractivity contribution in [3.63, 3.8) is 0 Å². The van der Waals surface area contributed by atoms with Gasteiger partial charge in [0.25, 0.3) is 0 Å². The predicted octanol–water partition coefficient (Wildman–Crippen LogP) is 8.99. The van der Waals surface area contributed by atoms with Gasteiger partial charge >= 0.3 is 30.7 Å². The molecule has 1 aliphatic rings. The van der Waals surface area contributed by atoms with Crippen LogP contribution in [0.5, 0.6) is 0 Å². The molecule has 1 heterocycles. The highest BCUT2D eigenvalue weighted by Gasteiger charge is 2.38. The number of nitrogens with two attached hydrogens (primary N) is 1. The number of amidine groups is 1. The number of guanidine groups is 1. The quantitative estimate of drug-likeness (QED) is 0.0244. The molecule has 21 heteroatoms. The lowest BCUT2D eigenvalue weighted by Gasteiger charge is -2.23. The average molecular weight is 937 g/mol. The number of nitrogens with zero attached hydrogens (tertiary/aromatic N) is 2. The summed E-state index contributed by atoms with van der Waals surface area (Å²) < 4.78 is 165. The van der Waals surface area contributed by atoms with E-state index in [1.807, 2.05) is 29.6 Å². The van der Waals surface area contributed by atoms with Crippen molar-refractivity contribution in [2.75, 3.05) is 36.8 Å². The van der Waals surface area contributed by atoms with Gasteiger partial charge in [-0.1, -0.05) is 60.7 Å². The van der Waals surface area contributed by atoms with Crippen LogP contribution in [0.3, 0.4) is 0 Å². The number of nitrogens with one attached hydrogen (secondary N) is 4. The number of aliphatic imine (C=N–C) groups is 1. The Morgan fingerprint density at radius 3 is 1.54 bits per heavy atom. The van der Waals surface area contributed by atoms with Crippen molar-refractivity contribution in [3.05, 3.63) is 130 Å². The van der Waals surface area contributed by atoms with Crippen LogP contribution in [-0.2, 0) is 50.2 Å². The molecule has 1 aliphatic heterocycles. The Balaban J connectivity index is 1.39. The number of rotatable bonds is 12. The fourth-order valence-electron chi connectivity index (χ4n) is 6.79. The fraction of sp³-hybridized carbons (Fsp3) is 0.357. The van der Waals surface area contributed by atoms with Crippen molar-refractivity contribution >= 4 is 52.5 Å². The van der Waals surface area contributed by atoms with E-state index in [0.29, 0.717) is 49.7 Å². The highest BCUT2D eigenvalue weighted by Crippen LogP contribution is 2.39. The van der Waals surface area contributed by atoms with Crippen LogP contribution in [0.15, 0.2) is 102 Å². The first-order chi connectivity index (χ1) is 29.5. The summed E-state index contributed by atoms with van der Waals surface area (Å²) in [5, 5.41) is 12.7. The Bertz CT molecular complexity index is 2140. The lowest BCUT2D eigenvalue weighted by Crippen LogP contribution is -2.95. The van der Waals surface area contributed by atoms with Gasteiger partial charge in [-0.25, -0.2) is 15.2 Å². The third-order valence-corrected chi connectivity index (χ3v) is 10.2. The number of halogens is 12. The van der Waals surface area contributed by atoms with Crippen molar-refractivity contribution in [2.45, 2.75) is 68.9 Å². The van der Waals surface area contributed by atoms with Gasteiger partial charge < -0.3 is 28.6 Å². The van der Waals surface area contributed by atoms with Crippen molar-refractivity contribution in [2.24, 2.45) is 4.99 Å². The Morgan fingerprint density at radius 1 is 0.635 bits per heavy atom. The van der Waals surface area contributed by atoms with Gasteiger partial charge in [0.1, 0.15) is 13.1 Å². The van der Waals surface area contributed by atoms with Gasteiger partial charge in [0, 0.05) is 11.4 Å². The molecule has 1 fully saturated rings. The van der Waals surface area contributed by atoms with E-state index >= 15 is 0 Å². The van der Waals surface area contributed by atoms with Gasteiger partial charge in [-0.2, -0.15) is 52.7 Å². The van der Waals surface area contributed by atoms with Crippen LogP contribution >= 0.6 is 12.2 Å². The molecule has 4 aromatic carbocycles. The number of piperidine rings is 1. The largest absolute Gasteiger partial charge is 0.743 e. The van der Waals surface area contributed by atoms with E-state index in [9.17, 15) is 52.7 Å². The van der Waals surface area contributed by atoms with Crippen LogP contribution < -0.4 is 26.6 Å². The summed E-state index contributed by atoms with van der Waals surface area (Å²) in [5.74, 6) is 0.654. The molecular formula is C42H42F12N7S2+. The molecule has 4 aromatic rings. The first kappa shape index (κ1) is 48.9. The fourth-order valence-corrected chi connectivity index (χ4v) is 7.35. The van der Waals surface area contributed by atoms with Gasteiger partial charge in [-0.15, -0.1) is 0 Å². The third kappa shape index (κ3) is 15.6. The highest BCUT2D eigenvalue weighted by molar-refractivity contribution is 7.80. The third-order valence-electron chi connectivity index (χ3n) is 9.77. The van der Waals surface area contributed by atoms with Crippen LogP contribution in [0.4, 0.5) is 64.1 Å². The van der Waals surface area contributed by atoms with Crippen molar-refractivity contribution in [1.29, 1.82) is 0 Å². The minimum atomic E-state index is -5.08. The molecule has 0 radical (unpaired) electrons. The van der Waals surface area contributed by atoms with Crippen molar-refractivity contribution in [1.82, 2.24) is 10.6 Å². The highest BCUT2D eigenvalue weighted by atomic mass is 32.1. The maximum atomic E-state index is 13.6. The standard InChI is InChI=1S/C42H41F12N7S2/c43-39(44,45)28-18-29(40(46,47)48)21-32(20-28)57-37(62)59-34(16-26-10-4-1-5-11-26)24-55-36(61-14-8-3-9-15-61)56-25-35(17-27-12-6-2-7-13-27)60-38(63)58-33-22-30(41(49,50)51)19-31(23-33)42(52,53)54/h1-2,4-7,10-13,18-23,34-35H,3,8-9,14-17,24-25H2,(H5,55,56,57,58,59,60,62,63)/p+1/t34-,35-/m0/s1. The monoisotopic (exact) mass is 936 g/mol. The molecule has 6 N–H and O–H groups in total. The number of benzene rings is 4. The SMILES string of the molecule is FC(F)(F)c1cc(NC(=S)N[C@H](C[NH2+]C(NC[C@H](Cc2ccccc2)N=C([S-])Nc2cc(C(F)(F)F)cc(C(F)(F)F)c2)=[N+]2CCCCC2)Cc2ccccc2)cc(C(F)(F)F)c1. The van der Waals surface area contributed by atoms with Gasteiger partial charge in [-0.05, 0) is 97.0 Å². The number of anilines is 2. The smallest absolute Gasteiger partial charge is 0.440 e. The van der Waals surface area contributed by atoms with E-state index < -0.39 is 70.4 Å². The van der Waals surface area contributed by atoms with Crippen LogP contribution in [-0.4, -0.2) is 59.1 Å². The Hall–Kier alpha value is -5.15. The summed E-state index contributed by atoms with van der Waals surface area (Å²) in [6.07, 6.45) is -17.0. The molecule has 0 aromatic heterocycles. The van der Waals surface area contributed by atoms with E-state index in [1.54, 1.807) is 36.4 Å². The number of quaternary nitrogens is 1. The molecule has 0 bridgehead atoms. The zero-order valence-electron chi connectivity index (χ0n) is 33.1. The summed E-state index contributed by atoms with van der Waals surface area (Å²) in [6.45, 7) is 1.65. The van der Waals surface area contributed by atoms with E-state index in [4.69, 9.17) is 24.8 Å². The molecule has 1 saturated heterocycles. The van der Waals surface area contributed by atoms with Gasteiger partial charge in [-0.3, -0.25) is 4.99 Å². The maximum Gasteiger partial charge on any atom is 0.440 e.